The highest BCUT2D eigenvalue weighted by Crippen LogP contribution is 2.17. The second-order valence-corrected chi connectivity index (χ2v) is 5.64. The maximum absolute atomic E-state index is 13.3. The van der Waals surface area contributed by atoms with Crippen LogP contribution in [-0.4, -0.2) is 17.4 Å². The van der Waals surface area contributed by atoms with Crippen molar-refractivity contribution in [1.82, 2.24) is 0 Å². The first kappa shape index (κ1) is 15.3. The largest absolute Gasteiger partial charge is 0.459 e. The number of rotatable bonds is 3. The number of ether oxygens (including phenoxy) is 1. The third kappa shape index (κ3) is 4.47. The van der Waals surface area contributed by atoms with Gasteiger partial charge in [-0.1, -0.05) is 0 Å². The Labute approximate surface area is 112 Å². The monoisotopic (exact) mass is 266 g/mol. The van der Waals surface area contributed by atoms with Crippen LogP contribution in [0.3, 0.4) is 0 Å². The summed E-state index contributed by atoms with van der Waals surface area (Å²) in [7, 11) is 0. The van der Waals surface area contributed by atoms with Crippen molar-refractivity contribution in [2.24, 2.45) is 5.92 Å². The standard InChI is InChI=1S/C15H19FO3/c1-9-6-11(8-12(16)7-9)13(17)10(2)14(18)19-15(3,4)5/h6-8,10H,1-5H3. The van der Waals surface area contributed by atoms with Gasteiger partial charge in [0, 0.05) is 5.56 Å². The SMILES string of the molecule is Cc1cc(F)cc(C(=O)C(C)C(=O)OC(C)(C)C)c1. The van der Waals surface area contributed by atoms with Gasteiger partial charge in [-0.25, -0.2) is 4.39 Å². The van der Waals surface area contributed by atoms with Crippen LogP contribution in [-0.2, 0) is 9.53 Å². The number of carbonyl (C=O) groups excluding carboxylic acids is 2. The molecule has 0 radical (unpaired) electrons. The van der Waals surface area contributed by atoms with Crippen LogP contribution in [0.5, 0.6) is 0 Å². The third-order valence-corrected chi connectivity index (χ3v) is 2.48. The minimum Gasteiger partial charge on any atom is -0.459 e. The predicted octanol–water partition coefficient (Wildman–Crippen LogP) is 3.29. The fourth-order valence-corrected chi connectivity index (χ4v) is 1.63. The summed E-state index contributed by atoms with van der Waals surface area (Å²) < 4.78 is 18.4. The van der Waals surface area contributed by atoms with E-state index >= 15 is 0 Å². The number of ketones is 1. The molecule has 104 valence electrons. The van der Waals surface area contributed by atoms with Crippen LogP contribution in [0.1, 0.15) is 43.6 Å². The Balaban J connectivity index is 2.90. The van der Waals surface area contributed by atoms with E-state index in [2.05, 4.69) is 0 Å². The van der Waals surface area contributed by atoms with E-state index in [9.17, 15) is 14.0 Å². The molecule has 0 aliphatic rings. The minimum atomic E-state index is -0.944. The number of halogens is 1. The van der Waals surface area contributed by atoms with E-state index in [0.717, 1.165) is 6.07 Å². The summed E-state index contributed by atoms with van der Waals surface area (Å²) in [5.41, 5.74) is 0.180. The zero-order chi connectivity index (χ0) is 14.8. The molecule has 1 atom stereocenters. The molecule has 0 spiro atoms. The van der Waals surface area contributed by atoms with Gasteiger partial charge in [0.1, 0.15) is 17.3 Å². The van der Waals surface area contributed by atoms with Gasteiger partial charge in [-0.15, -0.1) is 0 Å². The lowest BCUT2D eigenvalue weighted by Crippen LogP contribution is -2.31. The van der Waals surface area contributed by atoms with Gasteiger partial charge < -0.3 is 4.74 Å². The van der Waals surface area contributed by atoms with E-state index < -0.39 is 29.1 Å². The van der Waals surface area contributed by atoms with Crippen LogP contribution in [0.2, 0.25) is 0 Å². The number of benzene rings is 1. The van der Waals surface area contributed by atoms with E-state index in [1.54, 1.807) is 33.8 Å². The van der Waals surface area contributed by atoms with Crippen LogP contribution in [0, 0.1) is 18.7 Å². The molecule has 0 N–H and O–H groups in total. The van der Waals surface area contributed by atoms with Crippen molar-refractivity contribution < 1.29 is 18.7 Å². The number of Topliss-reactive ketones (excluding diaryl/α,β-unsaturated/α-hetero) is 1. The fraction of sp³-hybridized carbons (Fsp3) is 0.467. The van der Waals surface area contributed by atoms with Gasteiger partial charge in [0.05, 0.1) is 0 Å². The van der Waals surface area contributed by atoms with Gasteiger partial charge in [-0.2, -0.15) is 0 Å². The topological polar surface area (TPSA) is 43.4 Å². The van der Waals surface area contributed by atoms with E-state index in [4.69, 9.17) is 4.74 Å². The van der Waals surface area contributed by atoms with E-state index in [1.165, 1.54) is 13.0 Å². The molecule has 4 heteroatoms. The summed E-state index contributed by atoms with van der Waals surface area (Å²) in [5, 5.41) is 0. The molecule has 0 heterocycles. The fourth-order valence-electron chi connectivity index (χ4n) is 1.63. The number of esters is 1. The van der Waals surface area contributed by atoms with Crippen LogP contribution in [0.4, 0.5) is 4.39 Å². The van der Waals surface area contributed by atoms with Crippen LogP contribution in [0.15, 0.2) is 18.2 Å². The zero-order valence-electron chi connectivity index (χ0n) is 11.9. The smallest absolute Gasteiger partial charge is 0.317 e. The molecule has 0 aromatic heterocycles. The van der Waals surface area contributed by atoms with Gasteiger partial charge >= 0.3 is 5.97 Å². The average molecular weight is 266 g/mol. The molecular weight excluding hydrogens is 247 g/mol. The first-order valence-electron chi connectivity index (χ1n) is 6.14. The first-order chi connectivity index (χ1) is 8.60. The number of carbonyl (C=O) groups is 2. The van der Waals surface area contributed by atoms with E-state index in [1.807, 2.05) is 0 Å². The molecule has 19 heavy (non-hydrogen) atoms. The van der Waals surface area contributed by atoms with Crippen LogP contribution < -0.4 is 0 Å². The molecule has 1 unspecified atom stereocenters. The zero-order valence-corrected chi connectivity index (χ0v) is 11.9. The Morgan fingerprint density at radius 2 is 1.79 bits per heavy atom. The molecule has 1 rings (SSSR count). The summed E-state index contributed by atoms with van der Waals surface area (Å²) in [4.78, 5) is 23.9. The Morgan fingerprint density at radius 3 is 2.26 bits per heavy atom. The highest BCUT2D eigenvalue weighted by molar-refractivity contribution is 6.08. The van der Waals surface area contributed by atoms with Crippen molar-refractivity contribution in [2.75, 3.05) is 0 Å². The number of aryl methyl sites for hydroxylation is 1. The highest BCUT2D eigenvalue weighted by atomic mass is 19.1. The Hall–Kier alpha value is -1.71. The van der Waals surface area contributed by atoms with Crippen molar-refractivity contribution in [1.29, 1.82) is 0 Å². The van der Waals surface area contributed by atoms with Crippen LogP contribution >= 0.6 is 0 Å². The molecule has 0 saturated heterocycles. The highest BCUT2D eigenvalue weighted by Gasteiger charge is 2.28. The first-order valence-corrected chi connectivity index (χ1v) is 6.14. The molecule has 3 nitrogen and oxygen atoms in total. The second kappa shape index (κ2) is 5.51. The Morgan fingerprint density at radius 1 is 1.21 bits per heavy atom. The number of hydrogen-bond acceptors (Lipinski definition) is 3. The van der Waals surface area contributed by atoms with E-state index in [-0.39, 0.29) is 5.56 Å². The summed E-state index contributed by atoms with van der Waals surface area (Å²) in [6, 6.07) is 4.03. The summed E-state index contributed by atoms with van der Waals surface area (Å²) in [5.74, 6) is -2.46. The average Bonchev–Trinajstić information content (AvgIpc) is 2.23. The van der Waals surface area contributed by atoms with Crippen molar-refractivity contribution in [3.63, 3.8) is 0 Å². The summed E-state index contributed by atoms with van der Waals surface area (Å²) in [6.45, 7) is 8.35. The molecule has 1 aromatic rings. The van der Waals surface area contributed by atoms with Crippen molar-refractivity contribution >= 4 is 11.8 Å². The lowest BCUT2D eigenvalue weighted by atomic mass is 9.97. The number of hydrogen-bond donors (Lipinski definition) is 0. The normalized spacial score (nSPS) is 12.9. The third-order valence-electron chi connectivity index (χ3n) is 2.48. The van der Waals surface area contributed by atoms with Gasteiger partial charge in [0.2, 0.25) is 0 Å². The molecule has 0 saturated carbocycles. The predicted molar refractivity (Wildman–Crippen MR) is 70.5 cm³/mol. The quantitative estimate of drug-likeness (QED) is 0.479. The summed E-state index contributed by atoms with van der Waals surface area (Å²) >= 11 is 0. The maximum Gasteiger partial charge on any atom is 0.317 e. The van der Waals surface area contributed by atoms with Crippen LogP contribution in [0.25, 0.3) is 0 Å². The Bertz CT molecular complexity index is 480. The summed E-state index contributed by atoms with van der Waals surface area (Å²) in [6.07, 6.45) is 0. The van der Waals surface area contributed by atoms with Gasteiger partial charge in [0.25, 0.3) is 0 Å². The molecule has 0 aliphatic heterocycles. The van der Waals surface area contributed by atoms with Gasteiger partial charge in [-0.05, 0) is 58.4 Å². The lowest BCUT2D eigenvalue weighted by Gasteiger charge is -2.21. The minimum absolute atomic E-state index is 0.191. The molecule has 0 amide bonds. The molecule has 0 bridgehead atoms. The van der Waals surface area contributed by atoms with Gasteiger partial charge in [-0.3, -0.25) is 9.59 Å². The van der Waals surface area contributed by atoms with Crippen molar-refractivity contribution in [2.45, 2.75) is 40.2 Å². The molecular formula is C15H19FO3. The maximum atomic E-state index is 13.3. The molecule has 1 aromatic carbocycles. The Kier molecular flexibility index (Phi) is 4.45. The lowest BCUT2D eigenvalue weighted by molar-refractivity contribution is -0.157. The molecule has 0 fully saturated rings. The van der Waals surface area contributed by atoms with Crippen molar-refractivity contribution in [3.05, 3.63) is 35.1 Å². The van der Waals surface area contributed by atoms with E-state index in [0.29, 0.717) is 5.56 Å². The van der Waals surface area contributed by atoms with Crippen molar-refractivity contribution in [3.8, 4) is 0 Å². The van der Waals surface area contributed by atoms with Gasteiger partial charge in [0.15, 0.2) is 5.78 Å². The second-order valence-electron chi connectivity index (χ2n) is 5.64. The molecule has 0 aliphatic carbocycles.